The van der Waals surface area contributed by atoms with Crippen LogP contribution in [0, 0.1) is 11.3 Å². The van der Waals surface area contributed by atoms with Gasteiger partial charge >= 0.3 is 0 Å². The van der Waals surface area contributed by atoms with E-state index in [-0.39, 0.29) is 17.7 Å². The number of carbonyl (C=O) groups is 3. The Morgan fingerprint density at radius 2 is 1.94 bits per heavy atom. The summed E-state index contributed by atoms with van der Waals surface area (Å²) < 4.78 is 0. The summed E-state index contributed by atoms with van der Waals surface area (Å²) in [6, 6.07) is 16.2. The largest absolute Gasteiger partial charge is 0.337 e. The first-order valence-electron chi connectivity index (χ1n) is 11.2. The van der Waals surface area contributed by atoms with Gasteiger partial charge in [0.25, 0.3) is 5.91 Å². The topological polar surface area (TPSA) is 102 Å². The quantitative estimate of drug-likeness (QED) is 0.401. The van der Waals surface area contributed by atoms with Crippen LogP contribution >= 0.6 is 34.7 Å². The Morgan fingerprint density at radius 3 is 2.67 bits per heavy atom. The second-order valence-electron chi connectivity index (χ2n) is 8.25. The molecule has 0 saturated carbocycles. The number of carbonyl (C=O) groups excluding carboxylic acids is 3. The summed E-state index contributed by atoms with van der Waals surface area (Å²) in [5.74, 6) is -0.513. The molecule has 0 bridgehead atoms. The number of thiophene rings is 1. The van der Waals surface area contributed by atoms with Gasteiger partial charge in [0.05, 0.1) is 17.4 Å². The fourth-order valence-corrected chi connectivity index (χ4v) is 6.16. The minimum absolute atomic E-state index is 0.00541. The number of halogens is 1. The zero-order valence-corrected chi connectivity index (χ0v) is 22.0. The van der Waals surface area contributed by atoms with Crippen LogP contribution in [0.3, 0.4) is 0 Å². The van der Waals surface area contributed by atoms with Gasteiger partial charge in [-0.05, 0) is 55.3 Å². The molecule has 3 aromatic rings. The second kappa shape index (κ2) is 11.2. The van der Waals surface area contributed by atoms with Crippen LogP contribution in [0.15, 0.2) is 53.4 Å². The molecule has 0 radical (unpaired) electrons. The number of hydrogen-bond donors (Lipinski definition) is 2. The maximum atomic E-state index is 13.0. The van der Waals surface area contributed by atoms with Crippen molar-refractivity contribution in [3.8, 4) is 6.07 Å². The summed E-state index contributed by atoms with van der Waals surface area (Å²) >= 11 is 8.68. The number of thioether (sulfide) groups is 1. The molecule has 0 spiro atoms. The summed E-state index contributed by atoms with van der Waals surface area (Å²) in [6.45, 7) is 4.34. The van der Waals surface area contributed by atoms with Crippen molar-refractivity contribution in [1.29, 1.82) is 5.26 Å². The van der Waals surface area contributed by atoms with Crippen molar-refractivity contribution >= 4 is 63.1 Å². The van der Waals surface area contributed by atoms with Gasteiger partial charge in [0.15, 0.2) is 0 Å². The number of rotatable bonds is 6. The number of nitrogens with one attached hydrogen (secondary N) is 2. The van der Waals surface area contributed by atoms with E-state index in [0.717, 1.165) is 15.3 Å². The number of nitriles is 1. The highest BCUT2D eigenvalue weighted by Gasteiger charge is 2.27. The van der Waals surface area contributed by atoms with E-state index in [4.69, 9.17) is 11.6 Å². The zero-order valence-electron chi connectivity index (χ0n) is 19.6. The average molecular weight is 539 g/mol. The Morgan fingerprint density at radius 1 is 1.17 bits per heavy atom. The van der Waals surface area contributed by atoms with Gasteiger partial charge in [0.2, 0.25) is 11.8 Å². The van der Waals surface area contributed by atoms with Gasteiger partial charge in [0.1, 0.15) is 11.1 Å². The lowest BCUT2D eigenvalue weighted by molar-refractivity contribution is -0.129. The summed E-state index contributed by atoms with van der Waals surface area (Å²) in [4.78, 5) is 40.7. The Bertz CT molecular complexity index is 1380. The van der Waals surface area contributed by atoms with Crippen LogP contribution in [0.5, 0.6) is 0 Å². The summed E-state index contributed by atoms with van der Waals surface area (Å²) in [6.07, 6.45) is 0.599. The van der Waals surface area contributed by atoms with Crippen LogP contribution in [-0.2, 0) is 22.6 Å². The van der Waals surface area contributed by atoms with E-state index >= 15 is 0 Å². The second-order valence-corrected chi connectivity index (χ2v) is 11.2. The van der Waals surface area contributed by atoms with Crippen molar-refractivity contribution in [2.45, 2.75) is 37.0 Å². The Balaban J connectivity index is 1.41. The normalized spacial score (nSPS) is 13.3. The number of amides is 3. The highest BCUT2D eigenvalue weighted by atomic mass is 35.5. The van der Waals surface area contributed by atoms with Crippen molar-refractivity contribution in [1.82, 2.24) is 4.90 Å². The first-order chi connectivity index (χ1) is 17.2. The van der Waals surface area contributed by atoms with Crippen LogP contribution in [0.4, 0.5) is 10.7 Å². The highest BCUT2D eigenvalue weighted by Crippen LogP contribution is 2.37. The number of benzene rings is 2. The van der Waals surface area contributed by atoms with E-state index in [1.54, 1.807) is 48.2 Å². The maximum absolute atomic E-state index is 13.0. The molecule has 2 aromatic carbocycles. The summed E-state index contributed by atoms with van der Waals surface area (Å²) in [5.41, 5.74) is 2.45. The minimum atomic E-state index is -0.455. The van der Waals surface area contributed by atoms with Crippen LogP contribution in [0.25, 0.3) is 0 Å². The predicted octanol–water partition coefficient (Wildman–Crippen LogP) is 5.55. The van der Waals surface area contributed by atoms with Crippen LogP contribution in [-0.4, -0.2) is 34.4 Å². The van der Waals surface area contributed by atoms with Gasteiger partial charge in [-0.2, -0.15) is 5.26 Å². The third kappa shape index (κ3) is 5.90. The fourth-order valence-electron chi connectivity index (χ4n) is 3.83. The molecule has 184 valence electrons. The molecule has 10 heteroatoms. The smallest absolute Gasteiger partial charge is 0.255 e. The molecule has 0 fully saturated rings. The molecule has 1 aliphatic rings. The lowest BCUT2D eigenvalue weighted by atomic mass is 10.0. The van der Waals surface area contributed by atoms with Crippen molar-refractivity contribution in [3.63, 3.8) is 0 Å². The Kier molecular flexibility index (Phi) is 7.99. The Hall–Kier alpha value is -3.32. The van der Waals surface area contributed by atoms with Crippen molar-refractivity contribution in [3.05, 3.63) is 75.1 Å². The number of anilines is 2. The molecule has 36 heavy (non-hydrogen) atoms. The van der Waals surface area contributed by atoms with Crippen LogP contribution in [0.1, 0.15) is 40.2 Å². The first-order valence-corrected chi connectivity index (χ1v) is 13.3. The highest BCUT2D eigenvalue weighted by molar-refractivity contribution is 8.00. The fraction of sp³-hybridized carbons (Fsp3) is 0.231. The maximum Gasteiger partial charge on any atom is 0.255 e. The molecule has 2 N–H and O–H groups in total. The predicted molar refractivity (Wildman–Crippen MR) is 144 cm³/mol. The molecule has 0 saturated heterocycles. The molecule has 1 aliphatic heterocycles. The molecular weight excluding hydrogens is 516 g/mol. The van der Waals surface area contributed by atoms with Crippen molar-refractivity contribution in [2.75, 3.05) is 17.2 Å². The van der Waals surface area contributed by atoms with E-state index in [0.29, 0.717) is 46.3 Å². The van der Waals surface area contributed by atoms with E-state index < -0.39 is 5.25 Å². The third-order valence-electron chi connectivity index (χ3n) is 5.71. The van der Waals surface area contributed by atoms with Gasteiger partial charge in [-0.3, -0.25) is 14.4 Å². The number of nitrogens with zero attached hydrogens (tertiary/aromatic N) is 2. The summed E-state index contributed by atoms with van der Waals surface area (Å²) in [7, 11) is 0. The Labute approximate surface area is 222 Å². The van der Waals surface area contributed by atoms with Crippen molar-refractivity contribution < 1.29 is 14.4 Å². The minimum Gasteiger partial charge on any atom is -0.337 e. The van der Waals surface area contributed by atoms with Gasteiger partial charge in [-0.15, -0.1) is 23.1 Å². The molecular formula is C26H23ClN4O3S2. The van der Waals surface area contributed by atoms with E-state index in [1.807, 2.05) is 12.1 Å². The van der Waals surface area contributed by atoms with E-state index in [2.05, 4.69) is 16.7 Å². The average Bonchev–Trinajstić information content (AvgIpc) is 3.20. The van der Waals surface area contributed by atoms with Crippen molar-refractivity contribution in [2.24, 2.45) is 0 Å². The third-order valence-corrected chi connectivity index (χ3v) is 8.17. The first kappa shape index (κ1) is 25.8. The van der Waals surface area contributed by atoms with E-state index in [9.17, 15) is 19.6 Å². The lowest BCUT2D eigenvalue weighted by Crippen LogP contribution is -2.33. The zero-order chi connectivity index (χ0) is 25.8. The van der Waals surface area contributed by atoms with E-state index in [1.165, 1.54) is 30.0 Å². The molecule has 1 aromatic heterocycles. The van der Waals surface area contributed by atoms with Gasteiger partial charge < -0.3 is 15.5 Å². The van der Waals surface area contributed by atoms with Crippen LogP contribution in [0.2, 0.25) is 5.02 Å². The monoisotopic (exact) mass is 538 g/mol. The molecule has 4 rings (SSSR count). The molecule has 2 heterocycles. The van der Waals surface area contributed by atoms with Gasteiger partial charge in [-0.25, -0.2) is 0 Å². The number of fused-ring (bicyclic) bond motifs is 1. The van der Waals surface area contributed by atoms with Gasteiger partial charge in [-0.1, -0.05) is 23.7 Å². The SMILES string of the molecule is CC(=O)N1CCc2c(sc(NC(=O)C(C)Sc3cccc(NC(=O)c4cccc(Cl)c4)c3)c2C#N)C1. The number of hydrogen-bond acceptors (Lipinski definition) is 6. The summed E-state index contributed by atoms with van der Waals surface area (Å²) in [5, 5.41) is 16.0. The molecule has 1 unspecified atom stereocenters. The molecule has 3 amide bonds. The lowest BCUT2D eigenvalue weighted by Gasteiger charge is -2.25. The molecule has 0 aliphatic carbocycles. The standard InChI is InChI=1S/C26H23ClN4O3S2/c1-15(24(33)30-26-22(13-28)21-9-10-31(16(2)32)14-23(21)36-26)35-20-8-4-7-19(12-20)29-25(34)17-5-3-6-18(27)11-17/h3-8,11-12,15H,9-10,14H2,1-2H3,(H,29,34)(H,30,33). The molecule has 7 nitrogen and oxygen atoms in total. The van der Waals surface area contributed by atoms with Crippen LogP contribution < -0.4 is 10.6 Å². The van der Waals surface area contributed by atoms with Gasteiger partial charge in [0, 0.05) is 39.5 Å². The molecule has 1 atom stereocenters.